The topological polar surface area (TPSA) is 12.0 Å². The predicted molar refractivity (Wildman–Crippen MR) is 83.4 cm³/mol. The summed E-state index contributed by atoms with van der Waals surface area (Å²) >= 11 is 2.97. The highest BCUT2D eigenvalue weighted by Gasteiger charge is 2.33. The first-order valence-electron chi connectivity index (χ1n) is 7.40. The van der Waals surface area contributed by atoms with E-state index < -0.39 is 11.7 Å². The van der Waals surface area contributed by atoms with Crippen LogP contribution in [-0.4, -0.2) is 6.04 Å². The summed E-state index contributed by atoms with van der Waals surface area (Å²) < 4.78 is 38.8. The molecule has 0 amide bonds. The van der Waals surface area contributed by atoms with E-state index in [0.29, 0.717) is 17.5 Å². The van der Waals surface area contributed by atoms with Crippen molar-refractivity contribution in [3.8, 4) is 0 Å². The molecule has 1 fully saturated rings. The van der Waals surface area contributed by atoms with Gasteiger partial charge in [0.25, 0.3) is 0 Å². The lowest BCUT2D eigenvalue weighted by Crippen LogP contribution is -2.29. The van der Waals surface area contributed by atoms with E-state index in [1.807, 2.05) is 0 Å². The highest BCUT2D eigenvalue weighted by atomic mass is 79.9. The average Bonchev–Trinajstić information content (AvgIpc) is 2.40. The van der Waals surface area contributed by atoms with Crippen LogP contribution in [0.4, 0.5) is 18.9 Å². The Balaban J connectivity index is 2.09. The Hall–Kier alpha value is -0.710. The Morgan fingerprint density at radius 1 is 1.24 bits per heavy atom. The normalized spacial score (nSPS) is 23.4. The van der Waals surface area contributed by atoms with E-state index >= 15 is 0 Å². The number of benzene rings is 1. The molecule has 0 spiro atoms. The molecule has 1 aromatic carbocycles. The molecule has 1 aliphatic rings. The van der Waals surface area contributed by atoms with Gasteiger partial charge in [0.1, 0.15) is 0 Å². The fraction of sp³-hybridized carbons (Fsp3) is 0.625. The number of hydrogen-bond acceptors (Lipinski definition) is 1. The molecule has 0 saturated heterocycles. The van der Waals surface area contributed by atoms with Gasteiger partial charge in [0, 0.05) is 16.2 Å². The molecular formula is C16H21BrF3N. The third-order valence-electron chi connectivity index (χ3n) is 4.30. The summed E-state index contributed by atoms with van der Waals surface area (Å²) in [5.74, 6) is 1.29. The largest absolute Gasteiger partial charge is 0.417 e. The van der Waals surface area contributed by atoms with E-state index in [9.17, 15) is 13.2 Å². The van der Waals surface area contributed by atoms with E-state index in [1.54, 1.807) is 6.07 Å². The van der Waals surface area contributed by atoms with Crippen LogP contribution in [0.1, 0.15) is 45.1 Å². The molecule has 1 N–H and O–H groups in total. The van der Waals surface area contributed by atoms with Gasteiger partial charge in [-0.2, -0.15) is 13.2 Å². The molecule has 1 aliphatic carbocycles. The van der Waals surface area contributed by atoms with Crippen LogP contribution < -0.4 is 5.32 Å². The van der Waals surface area contributed by atoms with E-state index in [-0.39, 0.29) is 10.5 Å². The molecule has 0 aromatic heterocycles. The van der Waals surface area contributed by atoms with Crippen LogP contribution >= 0.6 is 15.9 Å². The first-order chi connectivity index (χ1) is 9.77. The maximum absolute atomic E-state index is 12.9. The van der Waals surface area contributed by atoms with Crippen molar-refractivity contribution in [2.45, 2.75) is 51.7 Å². The lowest BCUT2D eigenvalue weighted by Gasteiger charge is -2.32. The highest BCUT2D eigenvalue weighted by Crippen LogP contribution is 2.37. The summed E-state index contributed by atoms with van der Waals surface area (Å²) in [5, 5.41) is 3.28. The van der Waals surface area contributed by atoms with E-state index in [0.717, 1.165) is 19.3 Å². The van der Waals surface area contributed by atoms with Crippen molar-refractivity contribution in [1.82, 2.24) is 0 Å². The third kappa shape index (κ3) is 4.38. The standard InChI is InChI=1S/C16H21BrF3N/c1-10(2)11-4-3-5-12(8-11)21-13-6-7-15(17)14(9-13)16(18,19)20/h6-7,9-12,21H,3-5,8H2,1-2H3. The minimum Gasteiger partial charge on any atom is -0.382 e. The first kappa shape index (κ1) is 16.7. The minimum absolute atomic E-state index is 0.0873. The van der Waals surface area contributed by atoms with Gasteiger partial charge in [-0.15, -0.1) is 0 Å². The van der Waals surface area contributed by atoms with Gasteiger partial charge < -0.3 is 5.32 Å². The molecule has 5 heteroatoms. The first-order valence-corrected chi connectivity index (χ1v) is 8.20. The van der Waals surface area contributed by atoms with Crippen LogP contribution in [0.3, 0.4) is 0 Å². The Bertz CT molecular complexity index is 485. The van der Waals surface area contributed by atoms with Crippen LogP contribution in [-0.2, 0) is 6.18 Å². The van der Waals surface area contributed by atoms with Crippen molar-refractivity contribution in [3.05, 3.63) is 28.2 Å². The van der Waals surface area contributed by atoms with E-state index in [4.69, 9.17) is 0 Å². The minimum atomic E-state index is -4.33. The summed E-state index contributed by atoms with van der Waals surface area (Å²) in [4.78, 5) is 0. The molecular weight excluding hydrogens is 343 g/mol. The van der Waals surface area contributed by atoms with Crippen LogP contribution in [0, 0.1) is 11.8 Å². The average molecular weight is 364 g/mol. The zero-order valence-electron chi connectivity index (χ0n) is 12.3. The molecule has 0 bridgehead atoms. The zero-order valence-corrected chi connectivity index (χ0v) is 13.9. The van der Waals surface area contributed by atoms with Gasteiger partial charge in [-0.1, -0.05) is 42.6 Å². The molecule has 1 saturated carbocycles. The Morgan fingerprint density at radius 3 is 2.57 bits per heavy atom. The Morgan fingerprint density at radius 2 is 1.95 bits per heavy atom. The molecule has 0 aliphatic heterocycles. The maximum atomic E-state index is 12.9. The van der Waals surface area contributed by atoms with Gasteiger partial charge in [0.05, 0.1) is 5.56 Å². The summed E-state index contributed by atoms with van der Waals surface area (Å²) in [6.45, 7) is 4.43. The summed E-state index contributed by atoms with van der Waals surface area (Å²) in [6.07, 6.45) is 0.104. The number of alkyl halides is 3. The zero-order chi connectivity index (χ0) is 15.6. The van der Waals surface area contributed by atoms with Gasteiger partial charge in [0.2, 0.25) is 0 Å². The van der Waals surface area contributed by atoms with E-state index in [2.05, 4.69) is 35.1 Å². The van der Waals surface area contributed by atoms with Crippen LogP contribution in [0.25, 0.3) is 0 Å². The van der Waals surface area contributed by atoms with Crippen LogP contribution in [0.15, 0.2) is 22.7 Å². The Kier molecular flexibility index (Phi) is 5.23. The molecule has 2 atom stereocenters. The second-order valence-corrected chi connectivity index (χ2v) is 7.06. The highest BCUT2D eigenvalue weighted by molar-refractivity contribution is 9.10. The van der Waals surface area contributed by atoms with Crippen molar-refractivity contribution in [2.24, 2.45) is 11.8 Å². The van der Waals surface area contributed by atoms with Crippen molar-refractivity contribution >= 4 is 21.6 Å². The molecule has 0 radical (unpaired) electrons. The van der Waals surface area contributed by atoms with Crippen LogP contribution in [0.5, 0.6) is 0 Å². The number of anilines is 1. The number of rotatable bonds is 3. The number of nitrogens with one attached hydrogen (secondary N) is 1. The van der Waals surface area contributed by atoms with Crippen molar-refractivity contribution in [2.75, 3.05) is 5.32 Å². The van der Waals surface area contributed by atoms with Crippen molar-refractivity contribution in [3.63, 3.8) is 0 Å². The van der Waals surface area contributed by atoms with Crippen LogP contribution in [0.2, 0.25) is 0 Å². The van der Waals surface area contributed by atoms with Crippen molar-refractivity contribution < 1.29 is 13.2 Å². The lowest BCUT2D eigenvalue weighted by molar-refractivity contribution is -0.138. The third-order valence-corrected chi connectivity index (χ3v) is 4.99. The Labute approximate surface area is 132 Å². The lowest BCUT2D eigenvalue weighted by atomic mass is 9.79. The van der Waals surface area contributed by atoms with Gasteiger partial charge >= 0.3 is 6.18 Å². The predicted octanol–water partition coefficient (Wildman–Crippen LogP) is 6.09. The molecule has 21 heavy (non-hydrogen) atoms. The molecule has 1 nitrogen and oxygen atoms in total. The molecule has 1 aromatic rings. The molecule has 2 unspecified atom stereocenters. The van der Waals surface area contributed by atoms with Gasteiger partial charge in [-0.3, -0.25) is 0 Å². The fourth-order valence-electron chi connectivity index (χ4n) is 3.03. The van der Waals surface area contributed by atoms with Gasteiger partial charge in [-0.05, 0) is 42.9 Å². The monoisotopic (exact) mass is 363 g/mol. The quantitative estimate of drug-likeness (QED) is 0.684. The smallest absolute Gasteiger partial charge is 0.382 e. The molecule has 0 heterocycles. The summed E-state index contributed by atoms with van der Waals surface area (Å²) in [7, 11) is 0. The maximum Gasteiger partial charge on any atom is 0.417 e. The fourth-order valence-corrected chi connectivity index (χ4v) is 3.50. The number of hydrogen-bond donors (Lipinski definition) is 1. The summed E-state index contributed by atoms with van der Waals surface area (Å²) in [5.41, 5.74) is -0.0661. The SMILES string of the molecule is CC(C)C1CCCC(Nc2ccc(Br)c(C(F)(F)F)c2)C1. The number of halogens is 4. The van der Waals surface area contributed by atoms with Gasteiger partial charge in [0.15, 0.2) is 0 Å². The molecule has 2 rings (SSSR count). The van der Waals surface area contributed by atoms with Gasteiger partial charge in [-0.25, -0.2) is 0 Å². The van der Waals surface area contributed by atoms with Crippen molar-refractivity contribution in [1.29, 1.82) is 0 Å². The van der Waals surface area contributed by atoms with E-state index in [1.165, 1.54) is 18.6 Å². The summed E-state index contributed by atoms with van der Waals surface area (Å²) in [6, 6.07) is 4.64. The second kappa shape index (κ2) is 6.59. The molecule has 118 valence electrons. The second-order valence-electron chi connectivity index (χ2n) is 6.20.